The molecule has 1 fully saturated rings. The summed E-state index contributed by atoms with van der Waals surface area (Å²) < 4.78 is 10.3. The van der Waals surface area contributed by atoms with E-state index in [4.69, 9.17) is 15.2 Å². The quantitative estimate of drug-likeness (QED) is 0.812. The Kier molecular flexibility index (Phi) is 3.31. The molecular weight excluding hydrogens is 220 g/mol. The van der Waals surface area contributed by atoms with E-state index in [9.17, 15) is 4.79 Å². The molecule has 5 heteroatoms. The lowest BCUT2D eigenvalue weighted by Crippen LogP contribution is -2.51. The fourth-order valence-electron chi connectivity index (χ4n) is 1.75. The van der Waals surface area contributed by atoms with Gasteiger partial charge in [0, 0.05) is 6.61 Å². The van der Waals surface area contributed by atoms with Crippen molar-refractivity contribution in [3.05, 3.63) is 24.3 Å². The smallest absolute Gasteiger partial charge is 0.247 e. The highest BCUT2D eigenvalue weighted by atomic mass is 16.5. The molecule has 1 aromatic rings. The van der Waals surface area contributed by atoms with Crippen LogP contribution in [0.5, 0.6) is 5.75 Å². The van der Waals surface area contributed by atoms with Crippen LogP contribution < -0.4 is 15.8 Å². The lowest BCUT2D eigenvalue weighted by Gasteiger charge is -2.21. The number of ether oxygens (including phenoxy) is 2. The zero-order valence-electron chi connectivity index (χ0n) is 9.73. The van der Waals surface area contributed by atoms with Crippen LogP contribution in [-0.4, -0.2) is 31.8 Å². The van der Waals surface area contributed by atoms with Gasteiger partial charge in [0.1, 0.15) is 11.3 Å². The second-order valence-electron chi connectivity index (χ2n) is 4.11. The van der Waals surface area contributed by atoms with Gasteiger partial charge in [-0.15, -0.1) is 0 Å². The average molecular weight is 236 g/mol. The van der Waals surface area contributed by atoms with E-state index in [1.165, 1.54) is 0 Å². The van der Waals surface area contributed by atoms with Crippen molar-refractivity contribution in [3.8, 4) is 5.75 Å². The highest BCUT2D eigenvalue weighted by Crippen LogP contribution is 2.25. The Morgan fingerprint density at radius 3 is 2.94 bits per heavy atom. The van der Waals surface area contributed by atoms with E-state index in [0.717, 1.165) is 0 Å². The number of carbonyl (C=O) groups is 1. The van der Waals surface area contributed by atoms with Crippen LogP contribution in [0.1, 0.15) is 6.42 Å². The Morgan fingerprint density at radius 2 is 2.29 bits per heavy atom. The molecule has 17 heavy (non-hydrogen) atoms. The van der Waals surface area contributed by atoms with Crippen LogP contribution in [0.25, 0.3) is 0 Å². The lowest BCUT2D eigenvalue weighted by atomic mass is 9.99. The molecule has 0 aliphatic carbocycles. The van der Waals surface area contributed by atoms with E-state index in [0.29, 0.717) is 24.5 Å². The van der Waals surface area contributed by atoms with Crippen LogP contribution in [0.3, 0.4) is 0 Å². The maximum atomic E-state index is 12.0. The largest absolute Gasteiger partial charge is 0.495 e. The third-order valence-corrected chi connectivity index (χ3v) is 2.86. The van der Waals surface area contributed by atoms with Crippen LogP contribution in [-0.2, 0) is 9.53 Å². The van der Waals surface area contributed by atoms with Gasteiger partial charge in [-0.25, -0.2) is 0 Å². The van der Waals surface area contributed by atoms with Crippen molar-refractivity contribution >= 4 is 11.6 Å². The number of carbonyl (C=O) groups excluding carboxylic acids is 1. The van der Waals surface area contributed by atoms with Gasteiger partial charge >= 0.3 is 0 Å². The predicted molar refractivity (Wildman–Crippen MR) is 64.0 cm³/mol. The number of hydrogen-bond donors (Lipinski definition) is 2. The molecule has 1 atom stereocenters. The minimum Gasteiger partial charge on any atom is -0.495 e. The van der Waals surface area contributed by atoms with E-state index < -0.39 is 5.54 Å². The Morgan fingerprint density at radius 1 is 1.53 bits per heavy atom. The first kappa shape index (κ1) is 11.9. The maximum absolute atomic E-state index is 12.0. The molecule has 0 aromatic heterocycles. The van der Waals surface area contributed by atoms with Crippen molar-refractivity contribution in [1.82, 2.24) is 0 Å². The SMILES string of the molecule is COc1ccccc1NC(=O)C1(N)CCOC1. The molecule has 1 heterocycles. The summed E-state index contributed by atoms with van der Waals surface area (Å²) in [6, 6.07) is 7.22. The van der Waals surface area contributed by atoms with E-state index in [2.05, 4.69) is 5.32 Å². The fourth-order valence-corrected chi connectivity index (χ4v) is 1.75. The number of nitrogens with two attached hydrogens (primary N) is 1. The first-order valence-corrected chi connectivity index (χ1v) is 5.47. The summed E-state index contributed by atoms with van der Waals surface area (Å²) in [4.78, 5) is 12.0. The molecule has 1 amide bonds. The first-order chi connectivity index (χ1) is 8.15. The number of para-hydroxylation sites is 2. The molecule has 0 radical (unpaired) electrons. The minimum absolute atomic E-state index is 0.237. The number of methoxy groups -OCH3 is 1. The number of hydrogen-bond acceptors (Lipinski definition) is 4. The van der Waals surface area contributed by atoms with Crippen LogP contribution >= 0.6 is 0 Å². The van der Waals surface area contributed by atoms with Crippen molar-refractivity contribution in [2.45, 2.75) is 12.0 Å². The van der Waals surface area contributed by atoms with E-state index in [1.54, 1.807) is 19.2 Å². The lowest BCUT2D eigenvalue weighted by molar-refractivity contribution is -0.121. The minimum atomic E-state index is -0.930. The van der Waals surface area contributed by atoms with Gasteiger partial charge in [0.2, 0.25) is 5.91 Å². The standard InChI is InChI=1S/C12H16N2O3/c1-16-10-5-3-2-4-9(10)14-11(15)12(13)6-7-17-8-12/h2-5H,6-8,13H2,1H3,(H,14,15). The highest BCUT2D eigenvalue weighted by molar-refractivity contribution is 5.99. The number of benzene rings is 1. The Bertz CT molecular complexity index is 414. The van der Waals surface area contributed by atoms with Gasteiger partial charge in [0.05, 0.1) is 19.4 Å². The molecule has 5 nitrogen and oxygen atoms in total. The van der Waals surface area contributed by atoms with Gasteiger partial charge in [0.25, 0.3) is 0 Å². The normalized spacial score (nSPS) is 23.4. The summed E-state index contributed by atoms with van der Waals surface area (Å²) in [6.45, 7) is 0.782. The van der Waals surface area contributed by atoms with Gasteiger partial charge in [-0.1, -0.05) is 12.1 Å². The molecule has 2 rings (SSSR count). The van der Waals surface area contributed by atoms with Crippen LogP contribution in [0.2, 0.25) is 0 Å². The van der Waals surface area contributed by atoms with Gasteiger partial charge in [-0.2, -0.15) is 0 Å². The monoisotopic (exact) mass is 236 g/mol. The first-order valence-electron chi connectivity index (χ1n) is 5.47. The van der Waals surface area contributed by atoms with Gasteiger partial charge in [-0.3, -0.25) is 4.79 Å². The molecule has 0 spiro atoms. The maximum Gasteiger partial charge on any atom is 0.247 e. The third-order valence-electron chi connectivity index (χ3n) is 2.86. The molecule has 0 saturated carbocycles. The third kappa shape index (κ3) is 2.40. The summed E-state index contributed by atoms with van der Waals surface area (Å²) >= 11 is 0. The van der Waals surface area contributed by atoms with Crippen LogP contribution in [0, 0.1) is 0 Å². The zero-order valence-corrected chi connectivity index (χ0v) is 9.73. The topological polar surface area (TPSA) is 73.6 Å². The Hall–Kier alpha value is -1.59. The molecule has 3 N–H and O–H groups in total. The Balaban J connectivity index is 2.12. The fraction of sp³-hybridized carbons (Fsp3) is 0.417. The molecular formula is C12H16N2O3. The summed E-state index contributed by atoms with van der Waals surface area (Å²) in [7, 11) is 1.56. The number of amides is 1. The van der Waals surface area contributed by atoms with Gasteiger partial charge in [0.15, 0.2) is 0 Å². The van der Waals surface area contributed by atoms with Crippen LogP contribution in [0.4, 0.5) is 5.69 Å². The van der Waals surface area contributed by atoms with E-state index >= 15 is 0 Å². The van der Waals surface area contributed by atoms with Crippen molar-refractivity contribution in [3.63, 3.8) is 0 Å². The second-order valence-corrected chi connectivity index (χ2v) is 4.11. The van der Waals surface area contributed by atoms with E-state index in [-0.39, 0.29) is 12.5 Å². The predicted octanol–water partition coefficient (Wildman–Crippen LogP) is 0.752. The van der Waals surface area contributed by atoms with Crippen molar-refractivity contribution in [2.24, 2.45) is 5.73 Å². The summed E-state index contributed by atoms with van der Waals surface area (Å²) in [6.07, 6.45) is 0.536. The number of anilines is 1. The average Bonchev–Trinajstić information content (AvgIpc) is 2.78. The summed E-state index contributed by atoms with van der Waals surface area (Å²) in [5.41, 5.74) is 5.66. The Labute approximate surface area is 99.9 Å². The second kappa shape index (κ2) is 4.73. The summed E-state index contributed by atoms with van der Waals surface area (Å²) in [5, 5.41) is 2.77. The summed E-state index contributed by atoms with van der Waals surface area (Å²) in [5.74, 6) is 0.378. The molecule has 1 aliphatic rings. The van der Waals surface area contributed by atoms with Gasteiger partial charge in [-0.05, 0) is 18.6 Å². The van der Waals surface area contributed by atoms with Crippen LogP contribution in [0.15, 0.2) is 24.3 Å². The van der Waals surface area contributed by atoms with Crippen molar-refractivity contribution in [1.29, 1.82) is 0 Å². The van der Waals surface area contributed by atoms with E-state index in [1.807, 2.05) is 12.1 Å². The highest BCUT2D eigenvalue weighted by Gasteiger charge is 2.38. The number of rotatable bonds is 3. The van der Waals surface area contributed by atoms with Gasteiger partial charge < -0.3 is 20.5 Å². The molecule has 1 aliphatic heterocycles. The zero-order chi connectivity index (χ0) is 12.3. The molecule has 1 saturated heterocycles. The molecule has 0 bridgehead atoms. The van der Waals surface area contributed by atoms with Crippen molar-refractivity contribution < 1.29 is 14.3 Å². The van der Waals surface area contributed by atoms with Crippen molar-refractivity contribution in [2.75, 3.05) is 25.6 Å². The molecule has 92 valence electrons. The molecule has 1 unspecified atom stereocenters. The molecule has 1 aromatic carbocycles. The number of nitrogens with one attached hydrogen (secondary N) is 1.